The normalized spacial score (nSPS) is 14.4. The highest BCUT2D eigenvalue weighted by molar-refractivity contribution is 5.98. The van der Waals surface area contributed by atoms with Crippen LogP contribution in [0.1, 0.15) is 46.5 Å². The molecule has 120 valence electrons. The number of benzene rings is 1. The third kappa shape index (κ3) is 3.91. The van der Waals surface area contributed by atoms with E-state index in [1.165, 1.54) is 12.8 Å². The molecule has 3 rings (SSSR count). The van der Waals surface area contributed by atoms with E-state index in [1.807, 2.05) is 0 Å². The lowest BCUT2D eigenvalue weighted by atomic mass is 10.2. The largest absolute Gasteiger partial charge is 0.490 e. The van der Waals surface area contributed by atoms with E-state index >= 15 is 0 Å². The fraction of sp³-hybridized carbons (Fsp3) is 0.294. The highest BCUT2D eigenvalue weighted by atomic mass is 16.5. The van der Waals surface area contributed by atoms with Crippen molar-refractivity contribution in [2.45, 2.75) is 31.8 Å². The standard InChI is InChI=1S/C17H19N3O3/c21-16(19-20-17(22)15-6-3-11-18-15)12-7-9-14(10-8-12)23-13-4-1-2-5-13/h3,6-11,13,18H,1-2,4-5H2,(H,19,21)(H,20,22). The van der Waals surface area contributed by atoms with Crippen molar-refractivity contribution in [2.24, 2.45) is 0 Å². The summed E-state index contributed by atoms with van der Waals surface area (Å²) in [5.74, 6) is -0.00858. The molecular weight excluding hydrogens is 294 g/mol. The number of carbonyl (C=O) groups excluding carboxylic acids is 2. The van der Waals surface area contributed by atoms with Crippen LogP contribution in [0.2, 0.25) is 0 Å². The van der Waals surface area contributed by atoms with E-state index in [9.17, 15) is 9.59 Å². The minimum Gasteiger partial charge on any atom is -0.490 e. The molecular formula is C17H19N3O3. The Morgan fingerprint density at radius 3 is 2.35 bits per heavy atom. The van der Waals surface area contributed by atoms with Gasteiger partial charge in [-0.1, -0.05) is 0 Å². The fourth-order valence-electron chi connectivity index (χ4n) is 2.61. The van der Waals surface area contributed by atoms with E-state index in [1.54, 1.807) is 42.6 Å². The van der Waals surface area contributed by atoms with Crippen LogP contribution < -0.4 is 15.6 Å². The van der Waals surface area contributed by atoms with Crippen molar-refractivity contribution in [3.63, 3.8) is 0 Å². The molecule has 6 heteroatoms. The maximum Gasteiger partial charge on any atom is 0.286 e. The quantitative estimate of drug-likeness (QED) is 0.758. The average molecular weight is 313 g/mol. The molecule has 1 fully saturated rings. The van der Waals surface area contributed by atoms with E-state index in [4.69, 9.17) is 4.74 Å². The summed E-state index contributed by atoms with van der Waals surface area (Å²) in [6.07, 6.45) is 6.53. The van der Waals surface area contributed by atoms with Gasteiger partial charge >= 0.3 is 0 Å². The molecule has 1 aromatic heterocycles. The van der Waals surface area contributed by atoms with Crippen LogP contribution in [-0.4, -0.2) is 22.9 Å². The minimum atomic E-state index is -0.399. The van der Waals surface area contributed by atoms with E-state index in [0.717, 1.165) is 18.6 Å². The lowest BCUT2D eigenvalue weighted by Gasteiger charge is -2.13. The second kappa shape index (κ2) is 7.00. The summed E-state index contributed by atoms with van der Waals surface area (Å²) in [7, 11) is 0. The molecule has 0 radical (unpaired) electrons. The van der Waals surface area contributed by atoms with Crippen LogP contribution >= 0.6 is 0 Å². The summed E-state index contributed by atoms with van der Waals surface area (Å²) < 4.78 is 5.85. The summed E-state index contributed by atoms with van der Waals surface area (Å²) >= 11 is 0. The molecule has 0 atom stereocenters. The van der Waals surface area contributed by atoms with Gasteiger partial charge in [-0.3, -0.25) is 20.4 Å². The van der Waals surface area contributed by atoms with Crippen molar-refractivity contribution in [3.05, 3.63) is 53.9 Å². The maximum atomic E-state index is 12.0. The summed E-state index contributed by atoms with van der Waals surface area (Å²) in [5.41, 5.74) is 5.57. The molecule has 0 saturated heterocycles. The number of aromatic nitrogens is 1. The molecule has 1 aliphatic rings. The molecule has 3 N–H and O–H groups in total. The summed E-state index contributed by atoms with van der Waals surface area (Å²) in [5, 5.41) is 0. The maximum absolute atomic E-state index is 12.0. The second-order valence-corrected chi connectivity index (χ2v) is 5.54. The van der Waals surface area contributed by atoms with E-state index < -0.39 is 5.91 Å². The number of carbonyl (C=O) groups is 2. The summed E-state index contributed by atoms with van der Waals surface area (Å²) in [6.45, 7) is 0. The molecule has 1 aliphatic carbocycles. The Labute approximate surface area is 134 Å². The van der Waals surface area contributed by atoms with Gasteiger partial charge in [-0.25, -0.2) is 0 Å². The first kappa shape index (κ1) is 15.1. The van der Waals surface area contributed by atoms with Gasteiger partial charge in [0.1, 0.15) is 11.4 Å². The van der Waals surface area contributed by atoms with Crippen molar-refractivity contribution in [2.75, 3.05) is 0 Å². The Morgan fingerprint density at radius 2 is 1.70 bits per heavy atom. The van der Waals surface area contributed by atoms with Crippen LogP contribution in [0.4, 0.5) is 0 Å². The van der Waals surface area contributed by atoms with Gasteiger partial charge in [0.25, 0.3) is 11.8 Å². The van der Waals surface area contributed by atoms with Crippen molar-refractivity contribution in [1.29, 1.82) is 0 Å². The predicted molar refractivity (Wildman–Crippen MR) is 85.1 cm³/mol. The number of ether oxygens (including phenoxy) is 1. The van der Waals surface area contributed by atoms with Gasteiger partial charge in [0.15, 0.2) is 0 Å². The highest BCUT2D eigenvalue weighted by Gasteiger charge is 2.16. The lowest BCUT2D eigenvalue weighted by molar-refractivity contribution is 0.0844. The zero-order chi connectivity index (χ0) is 16.1. The highest BCUT2D eigenvalue weighted by Crippen LogP contribution is 2.24. The van der Waals surface area contributed by atoms with E-state index in [-0.39, 0.29) is 12.0 Å². The number of aromatic amines is 1. The van der Waals surface area contributed by atoms with Gasteiger partial charge in [0, 0.05) is 11.8 Å². The summed E-state index contributed by atoms with van der Waals surface area (Å²) in [4.78, 5) is 26.5. The predicted octanol–water partition coefficient (Wildman–Crippen LogP) is 2.41. The third-order valence-electron chi connectivity index (χ3n) is 3.85. The molecule has 0 aliphatic heterocycles. The van der Waals surface area contributed by atoms with Crippen molar-refractivity contribution in [1.82, 2.24) is 15.8 Å². The van der Waals surface area contributed by atoms with Crippen molar-refractivity contribution < 1.29 is 14.3 Å². The Hall–Kier alpha value is -2.76. The minimum absolute atomic E-state index is 0.287. The first-order valence-corrected chi connectivity index (χ1v) is 7.73. The van der Waals surface area contributed by atoms with Crippen LogP contribution in [0.15, 0.2) is 42.6 Å². The number of nitrogens with one attached hydrogen (secondary N) is 3. The molecule has 0 unspecified atom stereocenters. The van der Waals surface area contributed by atoms with Gasteiger partial charge in [0.05, 0.1) is 6.10 Å². The van der Waals surface area contributed by atoms with Crippen molar-refractivity contribution in [3.8, 4) is 5.75 Å². The molecule has 6 nitrogen and oxygen atoms in total. The molecule has 1 aromatic carbocycles. The second-order valence-electron chi connectivity index (χ2n) is 5.54. The third-order valence-corrected chi connectivity index (χ3v) is 3.85. The van der Waals surface area contributed by atoms with Crippen LogP contribution in [0.3, 0.4) is 0 Å². The first-order chi connectivity index (χ1) is 11.2. The Balaban J connectivity index is 1.52. The van der Waals surface area contributed by atoms with Gasteiger partial charge in [-0.15, -0.1) is 0 Å². The van der Waals surface area contributed by atoms with Crippen LogP contribution in [0, 0.1) is 0 Å². The number of H-pyrrole nitrogens is 1. The van der Waals surface area contributed by atoms with Crippen molar-refractivity contribution >= 4 is 11.8 Å². The molecule has 2 amide bonds. The Kier molecular flexibility index (Phi) is 4.61. The number of hydrogen-bond donors (Lipinski definition) is 3. The monoisotopic (exact) mass is 313 g/mol. The zero-order valence-electron chi connectivity index (χ0n) is 12.7. The first-order valence-electron chi connectivity index (χ1n) is 7.73. The summed E-state index contributed by atoms with van der Waals surface area (Å²) in [6, 6.07) is 10.2. The molecule has 1 saturated carbocycles. The number of hydrogen-bond acceptors (Lipinski definition) is 3. The molecule has 23 heavy (non-hydrogen) atoms. The molecule has 1 heterocycles. The van der Waals surface area contributed by atoms with Gasteiger partial charge in [-0.2, -0.15) is 0 Å². The van der Waals surface area contributed by atoms with E-state index in [2.05, 4.69) is 15.8 Å². The lowest BCUT2D eigenvalue weighted by Crippen LogP contribution is -2.41. The molecule has 0 bridgehead atoms. The molecule has 2 aromatic rings. The SMILES string of the molecule is O=C(NNC(=O)c1ccc[nH]1)c1ccc(OC2CCCC2)cc1. The number of hydrazine groups is 1. The van der Waals surface area contributed by atoms with Gasteiger partial charge in [0.2, 0.25) is 0 Å². The Bertz CT molecular complexity index is 659. The van der Waals surface area contributed by atoms with Crippen LogP contribution in [-0.2, 0) is 0 Å². The van der Waals surface area contributed by atoms with Crippen LogP contribution in [0.25, 0.3) is 0 Å². The van der Waals surface area contributed by atoms with Gasteiger partial charge in [-0.05, 0) is 62.1 Å². The van der Waals surface area contributed by atoms with Gasteiger partial charge < -0.3 is 9.72 Å². The smallest absolute Gasteiger partial charge is 0.286 e. The van der Waals surface area contributed by atoms with E-state index in [0.29, 0.717) is 11.3 Å². The number of amides is 2. The zero-order valence-corrected chi connectivity index (χ0v) is 12.7. The molecule has 0 spiro atoms. The number of rotatable bonds is 4. The van der Waals surface area contributed by atoms with Crippen LogP contribution in [0.5, 0.6) is 5.75 Å². The fourth-order valence-corrected chi connectivity index (χ4v) is 2.61. The Morgan fingerprint density at radius 1 is 1.00 bits per heavy atom. The average Bonchev–Trinajstić information content (AvgIpc) is 3.26. The topological polar surface area (TPSA) is 83.2 Å².